The Morgan fingerprint density at radius 1 is 1.16 bits per heavy atom. The third kappa shape index (κ3) is 3.80. The van der Waals surface area contributed by atoms with E-state index in [9.17, 15) is 0 Å². The molecule has 0 fully saturated rings. The van der Waals surface area contributed by atoms with E-state index in [4.69, 9.17) is 4.74 Å². The van der Waals surface area contributed by atoms with E-state index in [1.54, 1.807) is 13.3 Å². The van der Waals surface area contributed by atoms with Gasteiger partial charge in [0.1, 0.15) is 5.75 Å². The van der Waals surface area contributed by atoms with E-state index in [-0.39, 0.29) is 0 Å². The maximum Gasteiger partial charge on any atom is 0.122 e. The largest absolute Gasteiger partial charge is 0.496 e. The Morgan fingerprint density at radius 2 is 2.00 bits per heavy atom. The summed E-state index contributed by atoms with van der Waals surface area (Å²) in [6, 6.07) is 12.6. The van der Waals surface area contributed by atoms with Crippen molar-refractivity contribution in [1.82, 2.24) is 10.3 Å². The lowest BCUT2D eigenvalue weighted by atomic mass is 9.99. The van der Waals surface area contributed by atoms with Gasteiger partial charge in [0.25, 0.3) is 0 Å². The monoisotopic (exact) mass is 256 g/mol. The van der Waals surface area contributed by atoms with Gasteiger partial charge in [-0.3, -0.25) is 4.98 Å². The van der Waals surface area contributed by atoms with Gasteiger partial charge in [-0.05, 0) is 43.1 Å². The summed E-state index contributed by atoms with van der Waals surface area (Å²) in [4.78, 5) is 4.16. The highest BCUT2D eigenvalue weighted by atomic mass is 16.5. The molecule has 100 valence electrons. The van der Waals surface area contributed by atoms with Crippen LogP contribution in [0.5, 0.6) is 5.75 Å². The number of ether oxygens (including phenoxy) is 1. The SMILES string of the molecule is CNC(Cc1cccnc1)Cc1ccccc1OC. The first-order valence-corrected chi connectivity index (χ1v) is 6.51. The van der Waals surface area contributed by atoms with E-state index in [1.165, 1.54) is 11.1 Å². The third-order valence-corrected chi connectivity index (χ3v) is 3.27. The van der Waals surface area contributed by atoms with Crippen molar-refractivity contribution in [2.75, 3.05) is 14.2 Å². The standard InChI is InChI=1S/C16H20N2O/c1-17-15(10-13-6-5-9-18-12-13)11-14-7-3-4-8-16(14)19-2/h3-9,12,15,17H,10-11H2,1-2H3. The number of likely N-dealkylation sites (N-methyl/N-ethyl adjacent to an activating group) is 1. The minimum atomic E-state index is 0.375. The van der Waals surface area contributed by atoms with E-state index >= 15 is 0 Å². The number of nitrogens with zero attached hydrogens (tertiary/aromatic N) is 1. The Kier molecular flexibility index (Phi) is 4.93. The number of aromatic nitrogens is 1. The molecule has 19 heavy (non-hydrogen) atoms. The van der Waals surface area contributed by atoms with Crippen molar-refractivity contribution in [2.45, 2.75) is 18.9 Å². The average molecular weight is 256 g/mol. The van der Waals surface area contributed by atoms with Crippen LogP contribution in [0.3, 0.4) is 0 Å². The number of nitrogens with one attached hydrogen (secondary N) is 1. The fraction of sp³-hybridized carbons (Fsp3) is 0.312. The molecule has 0 amide bonds. The van der Waals surface area contributed by atoms with Crippen LogP contribution in [0, 0.1) is 0 Å². The van der Waals surface area contributed by atoms with Crippen LogP contribution in [-0.4, -0.2) is 25.2 Å². The topological polar surface area (TPSA) is 34.2 Å². The Morgan fingerprint density at radius 3 is 2.68 bits per heavy atom. The third-order valence-electron chi connectivity index (χ3n) is 3.27. The van der Waals surface area contributed by atoms with Crippen LogP contribution in [0.1, 0.15) is 11.1 Å². The van der Waals surface area contributed by atoms with Crippen molar-refractivity contribution in [2.24, 2.45) is 0 Å². The molecular formula is C16H20N2O. The second kappa shape index (κ2) is 6.90. The Bertz CT molecular complexity index is 499. The van der Waals surface area contributed by atoms with Gasteiger partial charge in [0, 0.05) is 18.4 Å². The molecule has 1 aromatic carbocycles. The number of para-hydroxylation sites is 1. The lowest BCUT2D eigenvalue weighted by Gasteiger charge is -2.17. The number of pyridine rings is 1. The molecule has 0 spiro atoms. The van der Waals surface area contributed by atoms with Crippen LogP contribution < -0.4 is 10.1 Å². The quantitative estimate of drug-likeness (QED) is 0.862. The molecule has 0 saturated heterocycles. The van der Waals surface area contributed by atoms with E-state index < -0.39 is 0 Å². The summed E-state index contributed by atoms with van der Waals surface area (Å²) in [7, 11) is 3.71. The highest BCUT2D eigenvalue weighted by Crippen LogP contribution is 2.19. The molecule has 0 bridgehead atoms. The predicted molar refractivity (Wildman–Crippen MR) is 77.5 cm³/mol. The van der Waals surface area contributed by atoms with Crippen molar-refractivity contribution in [3.63, 3.8) is 0 Å². The molecule has 0 radical (unpaired) electrons. The summed E-state index contributed by atoms with van der Waals surface area (Å²) >= 11 is 0. The van der Waals surface area contributed by atoms with E-state index in [2.05, 4.69) is 28.5 Å². The molecule has 2 rings (SSSR count). The average Bonchev–Trinajstić information content (AvgIpc) is 2.48. The molecule has 0 aliphatic heterocycles. The molecule has 0 aliphatic rings. The fourth-order valence-electron chi connectivity index (χ4n) is 2.22. The van der Waals surface area contributed by atoms with Gasteiger partial charge in [-0.25, -0.2) is 0 Å². The van der Waals surface area contributed by atoms with E-state index in [0.717, 1.165) is 18.6 Å². The van der Waals surface area contributed by atoms with Crippen molar-refractivity contribution < 1.29 is 4.74 Å². The maximum atomic E-state index is 5.40. The molecule has 3 heteroatoms. The van der Waals surface area contributed by atoms with Crippen LogP contribution in [-0.2, 0) is 12.8 Å². The maximum absolute atomic E-state index is 5.40. The van der Waals surface area contributed by atoms with Crippen molar-refractivity contribution in [3.05, 3.63) is 59.9 Å². The van der Waals surface area contributed by atoms with Gasteiger partial charge in [0.05, 0.1) is 7.11 Å². The zero-order chi connectivity index (χ0) is 13.5. The van der Waals surface area contributed by atoms with Gasteiger partial charge in [-0.2, -0.15) is 0 Å². The molecule has 1 atom stereocenters. The van der Waals surface area contributed by atoms with Crippen LogP contribution in [0.4, 0.5) is 0 Å². The Labute approximate surface area is 114 Å². The number of methoxy groups -OCH3 is 1. The summed E-state index contributed by atoms with van der Waals surface area (Å²) in [6.07, 6.45) is 5.63. The van der Waals surface area contributed by atoms with E-state index in [0.29, 0.717) is 6.04 Å². The molecule has 0 aliphatic carbocycles. The van der Waals surface area contributed by atoms with Crippen LogP contribution >= 0.6 is 0 Å². The highest BCUT2D eigenvalue weighted by molar-refractivity contribution is 5.34. The molecule has 3 nitrogen and oxygen atoms in total. The van der Waals surface area contributed by atoms with Gasteiger partial charge >= 0.3 is 0 Å². The van der Waals surface area contributed by atoms with Gasteiger partial charge in [0.2, 0.25) is 0 Å². The lowest BCUT2D eigenvalue weighted by molar-refractivity contribution is 0.406. The lowest BCUT2D eigenvalue weighted by Crippen LogP contribution is -2.30. The highest BCUT2D eigenvalue weighted by Gasteiger charge is 2.11. The summed E-state index contributed by atoms with van der Waals surface area (Å²) in [5.41, 5.74) is 2.48. The molecule has 1 N–H and O–H groups in total. The second-order valence-electron chi connectivity index (χ2n) is 4.57. The summed E-state index contributed by atoms with van der Waals surface area (Å²) in [5.74, 6) is 0.953. The number of rotatable bonds is 6. The van der Waals surface area contributed by atoms with Gasteiger partial charge < -0.3 is 10.1 Å². The first kappa shape index (κ1) is 13.6. The first-order valence-electron chi connectivity index (χ1n) is 6.51. The normalized spacial score (nSPS) is 12.1. The summed E-state index contributed by atoms with van der Waals surface area (Å²) in [5, 5.41) is 3.37. The van der Waals surface area contributed by atoms with Crippen molar-refractivity contribution in [1.29, 1.82) is 0 Å². The zero-order valence-corrected chi connectivity index (χ0v) is 11.5. The molecule has 1 unspecified atom stereocenters. The van der Waals surface area contributed by atoms with Crippen LogP contribution in [0.15, 0.2) is 48.8 Å². The molecule has 1 aromatic heterocycles. The molecule has 1 heterocycles. The summed E-state index contributed by atoms with van der Waals surface area (Å²) in [6.45, 7) is 0. The van der Waals surface area contributed by atoms with Crippen LogP contribution in [0.25, 0.3) is 0 Å². The van der Waals surface area contributed by atoms with Gasteiger partial charge in [-0.1, -0.05) is 24.3 Å². The molecule has 0 saturated carbocycles. The first-order chi connectivity index (χ1) is 9.33. The van der Waals surface area contributed by atoms with Crippen molar-refractivity contribution >= 4 is 0 Å². The van der Waals surface area contributed by atoms with Gasteiger partial charge in [0.15, 0.2) is 0 Å². The number of benzene rings is 1. The Hall–Kier alpha value is -1.87. The minimum absolute atomic E-state index is 0.375. The van der Waals surface area contributed by atoms with E-state index in [1.807, 2.05) is 31.4 Å². The number of hydrogen-bond acceptors (Lipinski definition) is 3. The Balaban J connectivity index is 2.07. The zero-order valence-electron chi connectivity index (χ0n) is 11.5. The summed E-state index contributed by atoms with van der Waals surface area (Å²) < 4.78 is 5.40. The fourth-order valence-corrected chi connectivity index (χ4v) is 2.22. The van der Waals surface area contributed by atoms with Gasteiger partial charge in [-0.15, -0.1) is 0 Å². The predicted octanol–water partition coefficient (Wildman–Crippen LogP) is 2.46. The molecular weight excluding hydrogens is 236 g/mol. The van der Waals surface area contributed by atoms with Crippen molar-refractivity contribution in [3.8, 4) is 5.75 Å². The molecule has 2 aromatic rings. The smallest absolute Gasteiger partial charge is 0.122 e. The second-order valence-corrected chi connectivity index (χ2v) is 4.57. The minimum Gasteiger partial charge on any atom is -0.496 e. The number of hydrogen-bond donors (Lipinski definition) is 1. The van der Waals surface area contributed by atoms with Crippen LogP contribution in [0.2, 0.25) is 0 Å².